The van der Waals surface area contributed by atoms with Crippen LogP contribution in [0.4, 0.5) is 10.5 Å². The van der Waals surface area contributed by atoms with E-state index in [-0.39, 0.29) is 24.2 Å². The number of likely N-dealkylation sites (tertiary alicyclic amines) is 1. The van der Waals surface area contributed by atoms with Crippen LogP contribution in [0.15, 0.2) is 5.38 Å². The Bertz CT molecular complexity index is 861. The molecule has 0 radical (unpaired) electrons. The number of nitrogens with zero attached hydrogens (tertiary/aromatic N) is 1. The Labute approximate surface area is 202 Å². The number of piperidine rings is 1. The Morgan fingerprint density at radius 3 is 2.30 bits per heavy atom. The average Bonchev–Trinajstić information content (AvgIpc) is 2.97. The molecule has 8 heteroatoms. The van der Waals surface area contributed by atoms with E-state index in [0.717, 1.165) is 16.1 Å². The predicted octanol–water partition coefficient (Wildman–Crippen LogP) is 5.69. The number of esters is 1. The summed E-state index contributed by atoms with van der Waals surface area (Å²) < 4.78 is 10.9. The Morgan fingerprint density at radius 1 is 1.18 bits per heavy atom. The first-order valence-electron chi connectivity index (χ1n) is 11.6. The van der Waals surface area contributed by atoms with E-state index in [9.17, 15) is 14.4 Å². The first-order valence-corrected chi connectivity index (χ1v) is 12.5. The quantitative estimate of drug-likeness (QED) is 0.547. The second kappa shape index (κ2) is 10.0. The number of hydrogen-bond donors (Lipinski definition) is 1. The molecule has 2 heterocycles. The van der Waals surface area contributed by atoms with Gasteiger partial charge >= 0.3 is 12.1 Å². The fourth-order valence-electron chi connectivity index (χ4n) is 4.57. The van der Waals surface area contributed by atoms with Crippen molar-refractivity contribution in [3.05, 3.63) is 15.8 Å². The molecule has 0 spiro atoms. The number of thiophene rings is 1. The van der Waals surface area contributed by atoms with Gasteiger partial charge in [0.25, 0.3) is 5.91 Å². The molecule has 2 amide bonds. The lowest BCUT2D eigenvalue weighted by Crippen LogP contribution is -2.69. The van der Waals surface area contributed by atoms with E-state index in [1.165, 1.54) is 0 Å². The highest BCUT2D eigenvalue weighted by Gasteiger charge is 2.58. The molecule has 1 N–H and O–H groups in total. The van der Waals surface area contributed by atoms with E-state index in [1.54, 1.807) is 23.2 Å². The second-order valence-electron chi connectivity index (χ2n) is 10.9. The van der Waals surface area contributed by atoms with E-state index in [0.29, 0.717) is 26.0 Å². The number of carbonyl (C=O) groups excluding carboxylic acids is 3. The van der Waals surface area contributed by atoms with Crippen LogP contribution in [0.25, 0.3) is 0 Å². The molecule has 1 aromatic rings. The van der Waals surface area contributed by atoms with Crippen LogP contribution >= 0.6 is 11.3 Å². The van der Waals surface area contributed by atoms with Gasteiger partial charge in [0.15, 0.2) is 0 Å². The zero-order valence-electron chi connectivity index (χ0n) is 21.6. The zero-order valence-corrected chi connectivity index (χ0v) is 22.4. The lowest BCUT2D eigenvalue weighted by atomic mass is 9.64. The number of ether oxygens (including phenoxy) is 2. The van der Waals surface area contributed by atoms with Crippen LogP contribution in [0.1, 0.15) is 78.2 Å². The molecule has 1 aliphatic rings. The molecule has 1 saturated heterocycles. The second-order valence-corrected chi connectivity index (χ2v) is 12.0. The van der Waals surface area contributed by atoms with Gasteiger partial charge in [0.2, 0.25) is 0 Å². The summed E-state index contributed by atoms with van der Waals surface area (Å²) in [4.78, 5) is 42.3. The molecule has 1 aliphatic heterocycles. The minimum atomic E-state index is -1.20. The van der Waals surface area contributed by atoms with Gasteiger partial charge < -0.3 is 14.8 Å². The fraction of sp³-hybridized carbons (Fsp3) is 0.720. The van der Waals surface area contributed by atoms with E-state index < -0.39 is 22.6 Å². The van der Waals surface area contributed by atoms with Crippen molar-refractivity contribution < 1.29 is 23.9 Å². The third kappa shape index (κ3) is 6.08. The highest BCUT2D eigenvalue weighted by molar-refractivity contribution is 7.10. The SMILES string of the molecule is CCOC(=O)CC1CCN(C(=O)OC(C)(C)C)[C@](C(=O)Nc2c(C)csc2C)(C(C)(C)C)C1. The molecule has 186 valence electrons. The van der Waals surface area contributed by atoms with Crippen molar-refractivity contribution in [3.63, 3.8) is 0 Å². The highest BCUT2D eigenvalue weighted by atomic mass is 32.1. The predicted molar refractivity (Wildman–Crippen MR) is 132 cm³/mol. The smallest absolute Gasteiger partial charge is 0.411 e. The minimum absolute atomic E-state index is 0.0858. The van der Waals surface area contributed by atoms with Crippen LogP contribution in [-0.4, -0.2) is 47.2 Å². The number of carbonyl (C=O) groups is 3. The summed E-state index contributed by atoms with van der Waals surface area (Å²) >= 11 is 1.57. The van der Waals surface area contributed by atoms with Crippen molar-refractivity contribution in [1.82, 2.24) is 4.90 Å². The first kappa shape index (κ1) is 27.2. The van der Waals surface area contributed by atoms with Gasteiger partial charge in [0.1, 0.15) is 11.1 Å². The summed E-state index contributed by atoms with van der Waals surface area (Å²) in [6.07, 6.45) is 0.654. The van der Waals surface area contributed by atoms with Gasteiger partial charge in [0.05, 0.1) is 12.3 Å². The monoisotopic (exact) mass is 480 g/mol. The Morgan fingerprint density at radius 2 is 1.82 bits per heavy atom. The van der Waals surface area contributed by atoms with E-state index in [2.05, 4.69) is 5.32 Å². The van der Waals surface area contributed by atoms with E-state index >= 15 is 0 Å². The molecule has 1 unspecified atom stereocenters. The number of amides is 2. The molecular formula is C25H40N2O5S. The first-order chi connectivity index (χ1) is 15.1. The average molecular weight is 481 g/mol. The third-order valence-electron chi connectivity index (χ3n) is 6.19. The molecule has 0 aliphatic carbocycles. The highest BCUT2D eigenvalue weighted by Crippen LogP contribution is 2.47. The van der Waals surface area contributed by atoms with Crippen LogP contribution in [0.3, 0.4) is 0 Å². The molecule has 33 heavy (non-hydrogen) atoms. The van der Waals surface area contributed by atoms with Crippen LogP contribution in [0, 0.1) is 25.2 Å². The maximum Gasteiger partial charge on any atom is 0.411 e. The van der Waals surface area contributed by atoms with Crippen LogP contribution < -0.4 is 5.32 Å². The molecular weight excluding hydrogens is 440 g/mol. The summed E-state index contributed by atoms with van der Waals surface area (Å²) in [7, 11) is 0. The van der Waals surface area contributed by atoms with Gasteiger partial charge in [-0.1, -0.05) is 20.8 Å². The normalized spacial score (nSPS) is 21.5. The summed E-state index contributed by atoms with van der Waals surface area (Å²) in [5.41, 5.74) is -0.757. The number of rotatable bonds is 5. The van der Waals surface area contributed by atoms with Crippen molar-refractivity contribution >= 4 is 35.0 Å². The van der Waals surface area contributed by atoms with Crippen LogP contribution in [0.5, 0.6) is 0 Å². The summed E-state index contributed by atoms with van der Waals surface area (Å²) in [6.45, 7) is 17.7. The van der Waals surface area contributed by atoms with E-state index in [4.69, 9.17) is 9.47 Å². The minimum Gasteiger partial charge on any atom is -0.466 e. The van der Waals surface area contributed by atoms with Gasteiger partial charge in [-0.25, -0.2) is 4.79 Å². The van der Waals surface area contributed by atoms with Crippen LogP contribution in [-0.2, 0) is 19.1 Å². The lowest BCUT2D eigenvalue weighted by Gasteiger charge is -2.54. The van der Waals surface area contributed by atoms with E-state index in [1.807, 2.05) is 60.8 Å². The molecule has 0 aromatic carbocycles. The lowest BCUT2D eigenvalue weighted by molar-refractivity contribution is -0.150. The van der Waals surface area contributed by atoms with Gasteiger partial charge in [0, 0.05) is 17.8 Å². The Hall–Kier alpha value is -2.09. The topological polar surface area (TPSA) is 84.9 Å². The Balaban J connectivity index is 2.53. The van der Waals surface area contributed by atoms with Gasteiger partial charge in [-0.2, -0.15) is 0 Å². The van der Waals surface area contributed by atoms with Gasteiger partial charge in [-0.15, -0.1) is 11.3 Å². The summed E-state index contributed by atoms with van der Waals surface area (Å²) in [5.74, 6) is -0.614. The van der Waals surface area contributed by atoms with Crippen molar-refractivity contribution in [1.29, 1.82) is 0 Å². The number of hydrogen-bond acceptors (Lipinski definition) is 6. The molecule has 0 bridgehead atoms. The van der Waals surface area contributed by atoms with Crippen LogP contribution in [0.2, 0.25) is 0 Å². The summed E-state index contributed by atoms with van der Waals surface area (Å²) in [6, 6.07) is 0. The standard InChI is InChI=1S/C25H40N2O5S/c1-10-31-19(28)13-18-11-12-27(22(30)32-24(7,8)9)25(14-18,23(4,5)6)21(29)26-20-16(2)15-33-17(20)3/h15,18H,10-14H2,1-9H3,(H,26,29)/t18?,25-/m1/s1. The molecule has 1 fully saturated rings. The van der Waals surface area contributed by atoms with Crippen molar-refractivity contribution in [2.45, 2.75) is 92.7 Å². The molecule has 1 aromatic heterocycles. The molecule has 2 rings (SSSR count). The van der Waals surface area contributed by atoms with Crippen molar-refractivity contribution in [3.8, 4) is 0 Å². The van der Waals surface area contributed by atoms with Gasteiger partial charge in [-0.3, -0.25) is 14.5 Å². The van der Waals surface area contributed by atoms with Crippen molar-refractivity contribution in [2.75, 3.05) is 18.5 Å². The maximum absolute atomic E-state index is 14.1. The number of anilines is 1. The molecule has 0 saturated carbocycles. The number of nitrogens with one attached hydrogen (secondary N) is 1. The largest absolute Gasteiger partial charge is 0.466 e. The van der Waals surface area contributed by atoms with Gasteiger partial charge in [-0.05, 0) is 76.7 Å². The zero-order chi connectivity index (χ0) is 25.2. The molecule has 7 nitrogen and oxygen atoms in total. The third-order valence-corrected chi connectivity index (χ3v) is 7.22. The number of aryl methyl sites for hydroxylation is 2. The fourth-order valence-corrected chi connectivity index (χ4v) is 5.37. The maximum atomic E-state index is 14.1. The molecule has 2 atom stereocenters. The van der Waals surface area contributed by atoms with Crippen molar-refractivity contribution in [2.24, 2.45) is 11.3 Å². The Kier molecular flexibility index (Phi) is 8.26. The summed E-state index contributed by atoms with van der Waals surface area (Å²) in [5, 5.41) is 5.13.